The highest BCUT2D eigenvalue weighted by molar-refractivity contribution is 5.28. The molecule has 0 aromatic carbocycles. The predicted octanol–water partition coefficient (Wildman–Crippen LogP) is 2.72. The Bertz CT molecular complexity index is 355. The molecule has 15 heavy (non-hydrogen) atoms. The van der Waals surface area contributed by atoms with Gasteiger partial charge in [-0.3, -0.25) is 4.68 Å². The normalized spacial score (nSPS) is 12.3. The molecule has 6 heteroatoms. The molecule has 1 heterocycles. The summed E-state index contributed by atoms with van der Waals surface area (Å²) in [6.07, 6.45) is -2.82. The number of ether oxygens (including phenoxy) is 1. The van der Waals surface area contributed by atoms with Gasteiger partial charge in [0.25, 0.3) is 12.4 Å². The fourth-order valence-corrected chi connectivity index (χ4v) is 1.28. The van der Waals surface area contributed by atoms with Gasteiger partial charge in [0, 0.05) is 0 Å². The number of aromatic nitrogens is 2. The van der Waals surface area contributed by atoms with Gasteiger partial charge in [-0.15, -0.1) is 5.10 Å². The second-order valence-corrected chi connectivity index (χ2v) is 4.09. The van der Waals surface area contributed by atoms with E-state index in [9.17, 15) is 13.2 Å². The van der Waals surface area contributed by atoms with Crippen molar-refractivity contribution in [1.82, 2.24) is 9.78 Å². The van der Waals surface area contributed by atoms with Crippen LogP contribution in [0.1, 0.15) is 32.9 Å². The third-order valence-electron chi connectivity index (χ3n) is 1.88. The monoisotopic (exact) mass is 222 g/mol. The summed E-state index contributed by atoms with van der Waals surface area (Å²) in [6, 6.07) is 0. The molecule has 0 unspecified atom stereocenters. The van der Waals surface area contributed by atoms with Crippen LogP contribution >= 0.6 is 0 Å². The molecule has 0 aliphatic carbocycles. The summed E-state index contributed by atoms with van der Waals surface area (Å²) in [5.41, 5.74) is -1.24. The average Bonchev–Trinajstić information content (AvgIpc) is 2.41. The molecular weight excluding hydrogens is 209 g/mol. The summed E-state index contributed by atoms with van der Waals surface area (Å²) < 4.78 is 44.1. The third kappa shape index (κ3) is 2.08. The Hall–Kier alpha value is -1.20. The largest absolute Gasteiger partial charge is 0.490 e. The summed E-state index contributed by atoms with van der Waals surface area (Å²) in [6.45, 7) is 4.97. The van der Waals surface area contributed by atoms with Crippen molar-refractivity contribution in [3.05, 3.63) is 11.6 Å². The molecule has 0 bridgehead atoms. The van der Waals surface area contributed by atoms with Gasteiger partial charge >= 0.3 is 0 Å². The van der Waals surface area contributed by atoms with Crippen LogP contribution in [0.2, 0.25) is 0 Å². The molecule has 0 saturated heterocycles. The SMILES string of the molecule is COc1c(F)nn(C(C)(C)C)c1C(F)F. The molecule has 0 amide bonds. The van der Waals surface area contributed by atoms with Gasteiger partial charge in [-0.2, -0.15) is 4.39 Å². The number of methoxy groups -OCH3 is 1. The molecular formula is C9H13F3N2O. The first-order valence-corrected chi connectivity index (χ1v) is 4.40. The zero-order valence-corrected chi connectivity index (χ0v) is 9.01. The lowest BCUT2D eigenvalue weighted by atomic mass is 10.1. The van der Waals surface area contributed by atoms with Gasteiger partial charge in [0.15, 0.2) is 5.69 Å². The van der Waals surface area contributed by atoms with E-state index in [-0.39, 0.29) is 0 Å². The Morgan fingerprint density at radius 1 is 1.33 bits per heavy atom. The number of nitrogens with zero attached hydrogens (tertiary/aromatic N) is 2. The van der Waals surface area contributed by atoms with E-state index >= 15 is 0 Å². The molecule has 0 aliphatic rings. The minimum atomic E-state index is -2.82. The van der Waals surface area contributed by atoms with Gasteiger partial charge in [0.1, 0.15) is 0 Å². The highest BCUT2D eigenvalue weighted by Gasteiger charge is 2.31. The zero-order chi connectivity index (χ0) is 11.8. The first kappa shape index (κ1) is 11.9. The van der Waals surface area contributed by atoms with E-state index in [0.29, 0.717) is 0 Å². The molecule has 0 aliphatic heterocycles. The zero-order valence-electron chi connectivity index (χ0n) is 9.01. The topological polar surface area (TPSA) is 27.1 Å². The van der Waals surface area contributed by atoms with Gasteiger partial charge in [-0.1, -0.05) is 0 Å². The van der Waals surface area contributed by atoms with Crippen LogP contribution in [-0.4, -0.2) is 16.9 Å². The summed E-state index contributed by atoms with van der Waals surface area (Å²) in [5.74, 6) is -1.50. The van der Waals surface area contributed by atoms with Crippen molar-refractivity contribution in [3.8, 4) is 5.75 Å². The molecule has 0 N–H and O–H groups in total. The van der Waals surface area contributed by atoms with E-state index in [4.69, 9.17) is 0 Å². The summed E-state index contributed by atoms with van der Waals surface area (Å²) in [4.78, 5) is 0. The summed E-state index contributed by atoms with van der Waals surface area (Å²) >= 11 is 0. The first-order chi connectivity index (χ1) is 6.79. The van der Waals surface area contributed by atoms with Gasteiger partial charge in [0.2, 0.25) is 5.75 Å². The van der Waals surface area contributed by atoms with Crippen LogP contribution in [-0.2, 0) is 5.54 Å². The number of alkyl halides is 2. The van der Waals surface area contributed by atoms with Crippen LogP contribution in [0.3, 0.4) is 0 Å². The second-order valence-electron chi connectivity index (χ2n) is 4.09. The Morgan fingerprint density at radius 2 is 1.87 bits per heavy atom. The smallest absolute Gasteiger partial charge is 0.283 e. The second kappa shape index (κ2) is 3.75. The van der Waals surface area contributed by atoms with Crippen LogP contribution in [0.15, 0.2) is 0 Å². The molecule has 1 aromatic rings. The van der Waals surface area contributed by atoms with E-state index in [2.05, 4.69) is 9.84 Å². The molecule has 3 nitrogen and oxygen atoms in total. The van der Waals surface area contributed by atoms with E-state index in [1.165, 1.54) is 0 Å². The Kier molecular flexibility index (Phi) is 2.97. The fourth-order valence-electron chi connectivity index (χ4n) is 1.28. The van der Waals surface area contributed by atoms with Crippen molar-refractivity contribution in [2.24, 2.45) is 0 Å². The van der Waals surface area contributed by atoms with Gasteiger partial charge in [-0.05, 0) is 20.8 Å². The van der Waals surface area contributed by atoms with Crippen LogP contribution in [0.4, 0.5) is 13.2 Å². The van der Waals surface area contributed by atoms with E-state index < -0.39 is 29.4 Å². The van der Waals surface area contributed by atoms with Crippen molar-refractivity contribution in [2.75, 3.05) is 7.11 Å². The van der Waals surface area contributed by atoms with Gasteiger partial charge < -0.3 is 4.74 Å². The van der Waals surface area contributed by atoms with Gasteiger partial charge in [-0.25, -0.2) is 8.78 Å². The molecule has 1 rings (SSSR count). The first-order valence-electron chi connectivity index (χ1n) is 4.40. The fraction of sp³-hybridized carbons (Fsp3) is 0.667. The lowest BCUT2D eigenvalue weighted by Crippen LogP contribution is -2.25. The van der Waals surface area contributed by atoms with Crippen molar-refractivity contribution in [2.45, 2.75) is 32.7 Å². The van der Waals surface area contributed by atoms with Gasteiger partial charge in [0.05, 0.1) is 12.6 Å². The minimum Gasteiger partial charge on any atom is -0.490 e. The molecule has 86 valence electrons. The standard InChI is InChI=1S/C9H13F3N2O/c1-9(2,3)14-5(7(10)11)6(15-4)8(12)13-14/h7H,1-4H3. The van der Waals surface area contributed by atoms with Crippen molar-refractivity contribution < 1.29 is 17.9 Å². The predicted molar refractivity (Wildman–Crippen MR) is 48.7 cm³/mol. The van der Waals surface area contributed by atoms with Crippen molar-refractivity contribution in [1.29, 1.82) is 0 Å². The highest BCUT2D eigenvalue weighted by Crippen LogP contribution is 2.34. The Labute approximate surface area is 85.8 Å². The lowest BCUT2D eigenvalue weighted by molar-refractivity contribution is 0.126. The van der Waals surface area contributed by atoms with Crippen LogP contribution in [0.5, 0.6) is 5.75 Å². The van der Waals surface area contributed by atoms with E-state index in [1.54, 1.807) is 20.8 Å². The van der Waals surface area contributed by atoms with Crippen LogP contribution < -0.4 is 4.74 Å². The minimum absolute atomic E-state index is 0.486. The average molecular weight is 222 g/mol. The van der Waals surface area contributed by atoms with E-state index in [1.807, 2.05) is 0 Å². The lowest BCUT2D eigenvalue weighted by Gasteiger charge is -2.21. The number of halogens is 3. The highest BCUT2D eigenvalue weighted by atomic mass is 19.3. The molecule has 0 saturated carbocycles. The molecule has 0 atom stereocenters. The summed E-state index contributed by atoms with van der Waals surface area (Å²) in [7, 11) is 1.14. The third-order valence-corrected chi connectivity index (χ3v) is 1.88. The maximum Gasteiger partial charge on any atom is 0.283 e. The molecule has 0 fully saturated rings. The molecule has 0 spiro atoms. The number of hydrogen-bond donors (Lipinski definition) is 0. The molecule has 0 radical (unpaired) electrons. The number of rotatable bonds is 2. The Balaban J connectivity index is 3.40. The van der Waals surface area contributed by atoms with Crippen LogP contribution in [0, 0.1) is 5.95 Å². The van der Waals surface area contributed by atoms with E-state index in [0.717, 1.165) is 11.8 Å². The molecule has 1 aromatic heterocycles. The Morgan fingerprint density at radius 3 is 2.20 bits per heavy atom. The maximum absolute atomic E-state index is 13.2. The number of hydrogen-bond acceptors (Lipinski definition) is 2. The quantitative estimate of drug-likeness (QED) is 0.769. The van der Waals surface area contributed by atoms with Crippen molar-refractivity contribution in [3.63, 3.8) is 0 Å². The van der Waals surface area contributed by atoms with Crippen LogP contribution in [0.25, 0.3) is 0 Å². The summed E-state index contributed by atoms with van der Waals surface area (Å²) in [5, 5.41) is 3.42. The maximum atomic E-state index is 13.2. The van der Waals surface area contributed by atoms with Crippen molar-refractivity contribution >= 4 is 0 Å².